The number of carbonyl (C=O) groups is 1. The van der Waals surface area contributed by atoms with Gasteiger partial charge in [-0.15, -0.1) is 0 Å². The third kappa shape index (κ3) is 2.60. The Bertz CT molecular complexity index is 422. The normalized spacial score (nSPS) is 24.8. The molecule has 2 heterocycles. The molecule has 0 aromatic carbocycles. The fraction of sp³-hybridized carbons (Fsp3) is 0.538. The van der Waals surface area contributed by atoms with Crippen LogP contribution in [0.1, 0.15) is 37.0 Å². The van der Waals surface area contributed by atoms with Gasteiger partial charge >= 0.3 is 0 Å². The molecule has 4 heteroatoms. The first-order valence-electron chi connectivity index (χ1n) is 6.00. The van der Waals surface area contributed by atoms with Crippen LogP contribution in [0.15, 0.2) is 18.5 Å². The summed E-state index contributed by atoms with van der Waals surface area (Å²) < 4.78 is 0. The van der Waals surface area contributed by atoms with Crippen LogP contribution in [0.4, 0.5) is 0 Å². The quantitative estimate of drug-likeness (QED) is 0.770. The van der Waals surface area contributed by atoms with Gasteiger partial charge in [-0.25, -0.2) is 0 Å². The van der Waals surface area contributed by atoms with Crippen molar-refractivity contribution in [3.8, 4) is 0 Å². The van der Waals surface area contributed by atoms with E-state index in [0.29, 0.717) is 16.5 Å². The van der Waals surface area contributed by atoms with Gasteiger partial charge in [0.25, 0.3) is 5.91 Å². The molecule has 1 fully saturated rings. The smallest absolute Gasteiger partial charge is 0.255 e. The Kier molecular flexibility index (Phi) is 3.67. The predicted molar refractivity (Wildman–Crippen MR) is 68.1 cm³/mol. The van der Waals surface area contributed by atoms with Crippen LogP contribution in [-0.4, -0.2) is 28.4 Å². The monoisotopic (exact) mass is 252 g/mol. The summed E-state index contributed by atoms with van der Waals surface area (Å²) in [4.78, 5) is 18.2. The van der Waals surface area contributed by atoms with Gasteiger partial charge in [0.2, 0.25) is 0 Å². The van der Waals surface area contributed by atoms with Gasteiger partial charge in [-0.05, 0) is 31.7 Å². The van der Waals surface area contributed by atoms with E-state index in [2.05, 4.69) is 18.8 Å². The van der Waals surface area contributed by atoms with Crippen molar-refractivity contribution in [1.82, 2.24) is 9.88 Å². The van der Waals surface area contributed by atoms with Gasteiger partial charge in [0, 0.05) is 25.0 Å². The summed E-state index contributed by atoms with van der Waals surface area (Å²) in [7, 11) is 0. The highest BCUT2D eigenvalue weighted by Gasteiger charge is 2.28. The van der Waals surface area contributed by atoms with Gasteiger partial charge in [-0.2, -0.15) is 0 Å². The van der Waals surface area contributed by atoms with E-state index >= 15 is 0 Å². The van der Waals surface area contributed by atoms with Crippen molar-refractivity contribution in [2.75, 3.05) is 6.54 Å². The molecule has 1 amide bonds. The van der Waals surface area contributed by atoms with E-state index in [4.69, 9.17) is 11.6 Å². The lowest BCUT2D eigenvalue weighted by molar-refractivity contribution is 0.0588. The van der Waals surface area contributed by atoms with Crippen molar-refractivity contribution in [3.05, 3.63) is 29.0 Å². The highest BCUT2D eigenvalue weighted by Crippen LogP contribution is 2.25. The fourth-order valence-electron chi connectivity index (χ4n) is 2.41. The average Bonchev–Trinajstić information content (AvgIpc) is 2.29. The molecule has 2 unspecified atom stereocenters. The number of pyridine rings is 1. The minimum atomic E-state index is 0.0248. The van der Waals surface area contributed by atoms with E-state index in [1.165, 1.54) is 6.20 Å². The van der Waals surface area contributed by atoms with Crippen LogP contribution in [0.5, 0.6) is 0 Å². The number of piperidine rings is 1. The van der Waals surface area contributed by atoms with E-state index in [1.54, 1.807) is 12.3 Å². The average molecular weight is 253 g/mol. The first-order chi connectivity index (χ1) is 8.09. The van der Waals surface area contributed by atoms with Crippen LogP contribution >= 0.6 is 11.6 Å². The second-order valence-corrected chi connectivity index (χ2v) is 5.24. The highest BCUT2D eigenvalue weighted by atomic mass is 35.5. The topological polar surface area (TPSA) is 33.2 Å². The van der Waals surface area contributed by atoms with Crippen LogP contribution < -0.4 is 0 Å². The molecule has 0 radical (unpaired) electrons. The minimum Gasteiger partial charge on any atom is -0.336 e. The molecule has 1 aliphatic rings. The van der Waals surface area contributed by atoms with E-state index in [-0.39, 0.29) is 11.9 Å². The third-order valence-corrected chi connectivity index (χ3v) is 3.70. The van der Waals surface area contributed by atoms with Crippen molar-refractivity contribution in [1.29, 1.82) is 0 Å². The Labute approximate surface area is 107 Å². The Balaban J connectivity index is 2.18. The third-order valence-electron chi connectivity index (χ3n) is 3.40. The zero-order valence-electron chi connectivity index (χ0n) is 10.2. The molecular weight excluding hydrogens is 236 g/mol. The van der Waals surface area contributed by atoms with Crippen LogP contribution in [-0.2, 0) is 0 Å². The maximum atomic E-state index is 12.4. The fourth-order valence-corrected chi connectivity index (χ4v) is 2.61. The number of hydrogen-bond donors (Lipinski definition) is 0. The molecule has 0 saturated carbocycles. The van der Waals surface area contributed by atoms with Crippen LogP contribution in [0, 0.1) is 5.92 Å². The summed E-state index contributed by atoms with van der Waals surface area (Å²) in [5.41, 5.74) is 0.558. The molecule has 0 bridgehead atoms. The van der Waals surface area contributed by atoms with Crippen molar-refractivity contribution in [2.24, 2.45) is 5.92 Å². The molecule has 1 aromatic rings. The molecule has 3 nitrogen and oxygen atoms in total. The van der Waals surface area contributed by atoms with Crippen LogP contribution in [0.25, 0.3) is 0 Å². The zero-order valence-corrected chi connectivity index (χ0v) is 10.9. The van der Waals surface area contributed by atoms with Crippen LogP contribution in [0.3, 0.4) is 0 Å². The first kappa shape index (κ1) is 12.4. The molecule has 2 rings (SSSR count). The van der Waals surface area contributed by atoms with Gasteiger partial charge in [-0.3, -0.25) is 9.78 Å². The lowest BCUT2D eigenvalue weighted by Crippen LogP contribution is -2.44. The number of halogens is 1. The van der Waals surface area contributed by atoms with Gasteiger partial charge in [0.15, 0.2) is 0 Å². The SMILES string of the molecule is CC1CCN(C(=O)c2ccncc2Cl)C(C)C1. The highest BCUT2D eigenvalue weighted by molar-refractivity contribution is 6.33. The molecular formula is C13H17ClN2O. The summed E-state index contributed by atoms with van der Waals surface area (Å²) in [6.07, 6.45) is 5.26. The van der Waals surface area contributed by atoms with Crippen molar-refractivity contribution < 1.29 is 4.79 Å². The number of hydrogen-bond acceptors (Lipinski definition) is 2. The summed E-state index contributed by atoms with van der Waals surface area (Å²) in [5, 5.41) is 0.434. The van der Waals surface area contributed by atoms with Gasteiger partial charge < -0.3 is 4.90 Å². The number of likely N-dealkylation sites (tertiary alicyclic amines) is 1. The summed E-state index contributed by atoms with van der Waals surface area (Å²) in [6.45, 7) is 5.15. The van der Waals surface area contributed by atoms with E-state index in [0.717, 1.165) is 19.4 Å². The number of nitrogens with zero attached hydrogens (tertiary/aromatic N) is 2. The minimum absolute atomic E-state index is 0.0248. The summed E-state index contributed by atoms with van der Waals surface area (Å²) >= 11 is 6.00. The summed E-state index contributed by atoms with van der Waals surface area (Å²) in [5.74, 6) is 0.721. The van der Waals surface area contributed by atoms with Crippen molar-refractivity contribution >= 4 is 17.5 Å². The molecule has 1 aromatic heterocycles. The predicted octanol–water partition coefficient (Wildman–Crippen LogP) is 3.00. The lowest BCUT2D eigenvalue weighted by atomic mass is 9.93. The Hall–Kier alpha value is -1.09. The summed E-state index contributed by atoms with van der Waals surface area (Å²) in [6, 6.07) is 1.98. The Morgan fingerprint density at radius 3 is 2.94 bits per heavy atom. The second kappa shape index (κ2) is 5.05. The maximum Gasteiger partial charge on any atom is 0.255 e. The van der Waals surface area contributed by atoms with E-state index in [9.17, 15) is 4.79 Å². The largest absolute Gasteiger partial charge is 0.336 e. The Morgan fingerprint density at radius 2 is 2.29 bits per heavy atom. The van der Waals surface area contributed by atoms with E-state index in [1.807, 2.05) is 4.90 Å². The molecule has 0 aliphatic carbocycles. The molecule has 17 heavy (non-hydrogen) atoms. The molecule has 1 saturated heterocycles. The molecule has 2 atom stereocenters. The van der Waals surface area contributed by atoms with Crippen LogP contribution in [0.2, 0.25) is 5.02 Å². The maximum absolute atomic E-state index is 12.4. The van der Waals surface area contributed by atoms with Gasteiger partial charge in [-0.1, -0.05) is 18.5 Å². The Morgan fingerprint density at radius 1 is 1.53 bits per heavy atom. The second-order valence-electron chi connectivity index (χ2n) is 4.83. The van der Waals surface area contributed by atoms with E-state index < -0.39 is 0 Å². The molecule has 0 spiro atoms. The number of rotatable bonds is 1. The first-order valence-corrected chi connectivity index (χ1v) is 6.38. The van der Waals surface area contributed by atoms with Gasteiger partial charge in [0.05, 0.1) is 10.6 Å². The molecule has 0 N–H and O–H groups in total. The zero-order chi connectivity index (χ0) is 12.4. The van der Waals surface area contributed by atoms with Crippen molar-refractivity contribution in [2.45, 2.75) is 32.7 Å². The standard InChI is InChI=1S/C13H17ClN2O/c1-9-4-6-16(10(2)7-9)13(17)11-3-5-15-8-12(11)14/h3,5,8-10H,4,6-7H2,1-2H3. The van der Waals surface area contributed by atoms with Crippen molar-refractivity contribution in [3.63, 3.8) is 0 Å². The molecule has 92 valence electrons. The lowest BCUT2D eigenvalue weighted by Gasteiger charge is -2.36. The molecule has 1 aliphatic heterocycles. The number of carbonyl (C=O) groups excluding carboxylic acids is 1. The number of aromatic nitrogens is 1. The number of amides is 1. The van der Waals surface area contributed by atoms with Gasteiger partial charge in [0.1, 0.15) is 0 Å².